The summed E-state index contributed by atoms with van der Waals surface area (Å²) in [6.45, 7) is 0. The first-order valence-electron chi connectivity index (χ1n) is 8.38. The molecule has 0 aliphatic rings. The number of nitrogens with one attached hydrogen (secondary N) is 2. The molecule has 0 radical (unpaired) electrons. The second-order valence-electron chi connectivity index (χ2n) is 5.87. The van der Waals surface area contributed by atoms with Gasteiger partial charge in [-0.25, -0.2) is 13.8 Å². The molecule has 3 rings (SSSR count). The molecule has 0 atom stereocenters. The monoisotopic (exact) mass is 566 g/mol. The van der Waals surface area contributed by atoms with Gasteiger partial charge in [0.1, 0.15) is 23.3 Å². The molecule has 2 N–H and O–H groups in total. The topological polar surface area (TPSA) is 87.0 Å². The SMILES string of the molecule is N#Cc1ccc(Oc2c(Br)cc(NC(=S)NC(=O)c3c(F)cccc3F)cc2Br)nc1. The van der Waals surface area contributed by atoms with Crippen LogP contribution in [0.3, 0.4) is 0 Å². The average molecular weight is 568 g/mol. The Labute approximate surface area is 197 Å². The Morgan fingerprint density at radius 1 is 1.13 bits per heavy atom. The molecule has 0 saturated heterocycles. The minimum atomic E-state index is -1.02. The van der Waals surface area contributed by atoms with Gasteiger partial charge in [-0.1, -0.05) is 6.07 Å². The largest absolute Gasteiger partial charge is 0.437 e. The highest BCUT2D eigenvalue weighted by Gasteiger charge is 2.18. The normalized spacial score (nSPS) is 10.2. The predicted molar refractivity (Wildman–Crippen MR) is 121 cm³/mol. The van der Waals surface area contributed by atoms with Crippen molar-refractivity contribution in [2.24, 2.45) is 0 Å². The molecule has 1 heterocycles. The lowest BCUT2D eigenvalue weighted by Gasteiger charge is -2.14. The molecule has 0 spiro atoms. The molecule has 0 saturated carbocycles. The Balaban J connectivity index is 1.71. The molecule has 156 valence electrons. The molecule has 6 nitrogen and oxygen atoms in total. The summed E-state index contributed by atoms with van der Waals surface area (Å²) >= 11 is 11.8. The molecule has 0 fully saturated rings. The molecule has 0 unspecified atom stereocenters. The number of halogens is 4. The van der Waals surface area contributed by atoms with E-state index < -0.39 is 23.1 Å². The van der Waals surface area contributed by atoms with Gasteiger partial charge < -0.3 is 10.1 Å². The zero-order chi connectivity index (χ0) is 22.5. The molecule has 1 aromatic heterocycles. The van der Waals surface area contributed by atoms with Crippen molar-refractivity contribution in [2.75, 3.05) is 5.32 Å². The van der Waals surface area contributed by atoms with Crippen molar-refractivity contribution in [2.45, 2.75) is 0 Å². The van der Waals surface area contributed by atoms with E-state index in [4.69, 9.17) is 22.2 Å². The fourth-order valence-electron chi connectivity index (χ4n) is 2.38. The Hall–Kier alpha value is -2.94. The summed E-state index contributed by atoms with van der Waals surface area (Å²) in [5.41, 5.74) is 0.127. The summed E-state index contributed by atoms with van der Waals surface area (Å²) < 4.78 is 34.2. The molecular formula is C20H10Br2F2N4O2S. The van der Waals surface area contributed by atoms with E-state index in [0.717, 1.165) is 18.2 Å². The molecule has 11 heteroatoms. The minimum absolute atomic E-state index is 0.158. The van der Waals surface area contributed by atoms with E-state index in [1.165, 1.54) is 6.20 Å². The van der Waals surface area contributed by atoms with Gasteiger partial charge in [-0.3, -0.25) is 10.1 Å². The third-order valence-electron chi connectivity index (χ3n) is 3.75. The van der Waals surface area contributed by atoms with E-state index in [9.17, 15) is 13.6 Å². The number of carbonyl (C=O) groups excluding carboxylic acids is 1. The first kappa shape index (κ1) is 22.7. The number of hydrogen-bond acceptors (Lipinski definition) is 5. The van der Waals surface area contributed by atoms with Gasteiger partial charge in [0, 0.05) is 18.0 Å². The lowest BCUT2D eigenvalue weighted by atomic mass is 10.2. The molecule has 1 amide bonds. The Kier molecular flexibility index (Phi) is 7.27. The number of anilines is 1. The molecule has 3 aromatic rings. The van der Waals surface area contributed by atoms with Crippen LogP contribution in [0.1, 0.15) is 15.9 Å². The molecule has 2 aromatic carbocycles. The Bertz CT molecular complexity index is 1170. The van der Waals surface area contributed by atoms with Gasteiger partial charge in [0.15, 0.2) is 10.9 Å². The second kappa shape index (κ2) is 9.91. The van der Waals surface area contributed by atoms with Crippen molar-refractivity contribution in [3.8, 4) is 17.7 Å². The molecule has 0 bridgehead atoms. The van der Waals surface area contributed by atoms with Gasteiger partial charge in [0.25, 0.3) is 5.91 Å². The highest BCUT2D eigenvalue weighted by Crippen LogP contribution is 2.38. The van der Waals surface area contributed by atoms with Gasteiger partial charge in [0.2, 0.25) is 5.88 Å². The van der Waals surface area contributed by atoms with Crippen LogP contribution in [0.5, 0.6) is 11.6 Å². The maximum Gasteiger partial charge on any atom is 0.263 e. The minimum Gasteiger partial charge on any atom is -0.437 e. The Morgan fingerprint density at radius 3 is 2.32 bits per heavy atom. The number of rotatable bonds is 4. The highest BCUT2D eigenvalue weighted by atomic mass is 79.9. The lowest BCUT2D eigenvalue weighted by molar-refractivity contribution is 0.0969. The van der Waals surface area contributed by atoms with Gasteiger partial charge >= 0.3 is 0 Å². The first-order chi connectivity index (χ1) is 14.8. The van der Waals surface area contributed by atoms with Crippen molar-refractivity contribution < 1.29 is 18.3 Å². The van der Waals surface area contributed by atoms with Gasteiger partial charge in [-0.2, -0.15) is 5.26 Å². The van der Waals surface area contributed by atoms with Crippen molar-refractivity contribution in [1.82, 2.24) is 10.3 Å². The number of ether oxygens (including phenoxy) is 1. The summed E-state index contributed by atoms with van der Waals surface area (Å²) in [5, 5.41) is 13.7. The van der Waals surface area contributed by atoms with Crippen LogP contribution >= 0.6 is 44.1 Å². The van der Waals surface area contributed by atoms with E-state index in [2.05, 4.69) is 47.5 Å². The second-order valence-corrected chi connectivity index (χ2v) is 7.99. The summed E-state index contributed by atoms with van der Waals surface area (Å²) in [5.74, 6) is -2.33. The number of aromatic nitrogens is 1. The third-order valence-corrected chi connectivity index (χ3v) is 5.13. The number of benzene rings is 2. The van der Waals surface area contributed by atoms with Crippen molar-refractivity contribution in [3.05, 3.63) is 80.4 Å². The quantitative estimate of drug-likeness (QED) is 0.395. The Morgan fingerprint density at radius 2 is 1.77 bits per heavy atom. The zero-order valence-corrected chi connectivity index (χ0v) is 19.2. The predicted octanol–water partition coefficient (Wildman–Crippen LogP) is 5.68. The molecule has 31 heavy (non-hydrogen) atoms. The number of thiocarbonyl (C=S) groups is 1. The van der Waals surface area contributed by atoms with Crippen molar-refractivity contribution in [3.63, 3.8) is 0 Å². The highest BCUT2D eigenvalue weighted by molar-refractivity contribution is 9.11. The number of nitrogens with zero attached hydrogens (tertiary/aromatic N) is 2. The number of pyridine rings is 1. The van der Waals surface area contributed by atoms with Crippen molar-refractivity contribution >= 4 is 60.8 Å². The fourth-order valence-corrected chi connectivity index (χ4v) is 3.94. The van der Waals surface area contributed by atoms with E-state index in [0.29, 0.717) is 25.9 Å². The van der Waals surface area contributed by atoms with E-state index in [-0.39, 0.29) is 11.0 Å². The van der Waals surface area contributed by atoms with Crippen LogP contribution in [0.2, 0.25) is 0 Å². The van der Waals surface area contributed by atoms with Crippen LogP contribution in [-0.2, 0) is 0 Å². The average Bonchev–Trinajstić information content (AvgIpc) is 2.71. The van der Waals surface area contributed by atoms with Crippen LogP contribution in [0.25, 0.3) is 0 Å². The zero-order valence-electron chi connectivity index (χ0n) is 15.2. The number of hydrogen-bond donors (Lipinski definition) is 2. The number of amides is 1. The number of nitriles is 1. The third kappa shape index (κ3) is 5.61. The van der Waals surface area contributed by atoms with Crippen LogP contribution in [0, 0.1) is 23.0 Å². The van der Waals surface area contributed by atoms with Gasteiger partial charge in [-0.05, 0) is 74.4 Å². The number of carbonyl (C=O) groups is 1. The summed E-state index contributed by atoms with van der Waals surface area (Å²) in [4.78, 5) is 16.2. The van der Waals surface area contributed by atoms with E-state index >= 15 is 0 Å². The molecule has 0 aliphatic carbocycles. The standard InChI is InChI=1S/C20H10Br2F2N4O2S/c21-12-6-11(7-13(22)18(12)30-16-5-4-10(8-25)9-26-16)27-20(31)28-19(29)17-14(23)2-1-3-15(17)24/h1-7,9H,(H2,27,28,29,31). The smallest absolute Gasteiger partial charge is 0.263 e. The van der Waals surface area contributed by atoms with Crippen LogP contribution in [0.15, 0.2) is 57.6 Å². The molecule has 0 aliphatic heterocycles. The summed E-state index contributed by atoms with van der Waals surface area (Å²) in [6, 6.07) is 11.4. The maximum absolute atomic E-state index is 13.7. The van der Waals surface area contributed by atoms with Crippen LogP contribution in [0.4, 0.5) is 14.5 Å². The molecular weight excluding hydrogens is 558 g/mol. The van der Waals surface area contributed by atoms with Gasteiger partial charge in [0.05, 0.1) is 14.5 Å². The fraction of sp³-hybridized carbons (Fsp3) is 0. The van der Waals surface area contributed by atoms with E-state index in [1.807, 2.05) is 6.07 Å². The van der Waals surface area contributed by atoms with Gasteiger partial charge in [-0.15, -0.1) is 0 Å². The van der Waals surface area contributed by atoms with Crippen molar-refractivity contribution in [1.29, 1.82) is 5.26 Å². The van der Waals surface area contributed by atoms with Crippen LogP contribution in [-0.4, -0.2) is 16.0 Å². The van der Waals surface area contributed by atoms with Crippen LogP contribution < -0.4 is 15.4 Å². The first-order valence-corrected chi connectivity index (χ1v) is 10.4. The summed E-state index contributed by atoms with van der Waals surface area (Å²) in [6.07, 6.45) is 1.38. The van der Waals surface area contributed by atoms with E-state index in [1.54, 1.807) is 24.3 Å². The maximum atomic E-state index is 13.7. The lowest BCUT2D eigenvalue weighted by Crippen LogP contribution is -2.35. The summed E-state index contributed by atoms with van der Waals surface area (Å²) in [7, 11) is 0.